The van der Waals surface area contributed by atoms with Gasteiger partial charge in [-0.3, -0.25) is 10.1 Å². The summed E-state index contributed by atoms with van der Waals surface area (Å²) in [5, 5.41) is 6.70. The summed E-state index contributed by atoms with van der Waals surface area (Å²) in [6, 6.07) is 17.1. The van der Waals surface area contributed by atoms with Gasteiger partial charge >= 0.3 is 0 Å². The molecule has 6 heteroatoms. The quantitative estimate of drug-likeness (QED) is 0.538. The summed E-state index contributed by atoms with van der Waals surface area (Å²) in [6.07, 6.45) is 1.64. The van der Waals surface area contributed by atoms with Crippen molar-refractivity contribution in [2.75, 3.05) is 5.32 Å². The number of nitrogens with zero attached hydrogens (tertiary/aromatic N) is 2. The summed E-state index contributed by atoms with van der Waals surface area (Å²) >= 11 is 7.71. The lowest BCUT2D eigenvalue weighted by atomic mass is 10.0. The average molecular weight is 366 g/mol. The Morgan fingerprint density at radius 3 is 2.64 bits per heavy atom. The molecule has 0 spiro atoms. The molecule has 122 valence electrons. The maximum atomic E-state index is 12.4. The summed E-state index contributed by atoms with van der Waals surface area (Å²) in [4.78, 5) is 21.1. The Labute approximate surface area is 153 Å². The number of carbonyl (C=O) groups excluding carboxylic acids is 1. The third-order valence-electron chi connectivity index (χ3n) is 3.77. The van der Waals surface area contributed by atoms with Crippen LogP contribution in [0.25, 0.3) is 22.0 Å². The van der Waals surface area contributed by atoms with Gasteiger partial charge in [-0.25, -0.2) is 9.97 Å². The monoisotopic (exact) mass is 365 g/mol. The van der Waals surface area contributed by atoms with Gasteiger partial charge in [0.05, 0.1) is 5.52 Å². The number of hydrogen-bond donors (Lipinski definition) is 1. The molecular formula is C19H12ClN3OS. The van der Waals surface area contributed by atoms with E-state index in [9.17, 15) is 4.79 Å². The largest absolute Gasteiger partial charge is 0.296 e. The number of nitrogens with one attached hydrogen (secondary N) is 1. The van der Waals surface area contributed by atoms with E-state index >= 15 is 0 Å². The summed E-state index contributed by atoms with van der Waals surface area (Å²) in [5.74, 6) is -0.286. The number of thiazole rings is 1. The van der Waals surface area contributed by atoms with Crippen LogP contribution in [0.4, 0.5) is 5.13 Å². The Kier molecular flexibility index (Phi) is 4.17. The highest BCUT2D eigenvalue weighted by Gasteiger charge is 2.13. The highest BCUT2D eigenvalue weighted by molar-refractivity contribution is 7.13. The van der Waals surface area contributed by atoms with Crippen LogP contribution in [0.2, 0.25) is 5.02 Å². The number of benzene rings is 2. The fourth-order valence-electron chi connectivity index (χ4n) is 2.62. The van der Waals surface area contributed by atoms with Crippen LogP contribution in [0.5, 0.6) is 0 Å². The molecule has 4 nitrogen and oxygen atoms in total. The van der Waals surface area contributed by atoms with Crippen molar-refractivity contribution in [3.63, 3.8) is 0 Å². The minimum atomic E-state index is -0.286. The van der Waals surface area contributed by atoms with Gasteiger partial charge in [-0.2, -0.15) is 0 Å². The lowest BCUT2D eigenvalue weighted by molar-refractivity contribution is 0.102. The van der Waals surface area contributed by atoms with Gasteiger partial charge in [0.2, 0.25) is 0 Å². The van der Waals surface area contributed by atoms with Crippen molar-refractivity contribution in [1.82, 2.24) is 9.97 Å². The molecule has 2 aromatic carbocycles. The van der Waals surface area contributed by atoms with Gasteiger partial charge in [0.1, 0.15) is 5.69 Å². The van der Waals surface area contributed by atoms with Crippen molar-refractivity contribution in [3.8, 4) is 11.1 Å². The first-order valence-corrected chi connectivity index (χ1v) is 8.83. The van der Waals surface area contributed by atoms with E-state index in [0.29, 0.717) is 15.8 Å². The molecule has 0 fully saturated rings. The van der Waals surface area contributed by atoms with Crippen molar-refractivity contribution in [3.05, 3.63) is 76.9 Å². The maximum absolute atomic E-state index is 12.4. The molecule has 0 aliphatic carbocycles. The molecule has 0 aliphatic heterocycles. The number of rotatable bonds is 3. The Hall–Kier alpha value is -2.76. The molecule has 1 amide bonds. The number of para-hydroxylation sites is 1. The molecular weight excluding hydrogens is 354 g/mol. The number of hydrogen-bond acceptors (Lipinski definition) is 4. The molecule has 0 bridgehead atoms. The first-order valence-electron chi connectivity index (χ1n) is 7.58. The van der Waals surface area contributed by atoms with Crippen LogP contribution < -0.4 is 5.32 Å². The highest BCUT2D eigenvalue weighted by atomic mass is 35.5. The minimum Gasteiger partial charge on any atom is -0.296 e. The van der Waals surface area contributed by atoms with Crippen LogP contribution in [-0.4, -0.2) is 15.9 Å². The van der Waals surface area contributed by atoms with Gasteiger partial charge in [0.25, 0.3) is 5.91 Å². The number of pyridine rings is 1. The van der Waals surface area contributed by atoms with Crippen molar-refractivity contribution in [1.29, 1.82) is 0 Å². The van der Waals surface area contributed by atoms with Gasteiger partial charge in [-0.1, -0.05) is 54.1 Å². The molecule has 2 heterocycles. The summed E-state index contributed by atoms with van der Waals surface area (Å²) < 4.78 is 0. The van der Waals surface area contributed by atoms with E-state index in [1.165, 1.54) is 11.3 Å². The van der Waals surface area contributed by atoms with E-state index < -0.39 is 0 Å². The molecule has 4 aromatic rings. The van der Waals surface area contributed by atoms with Crippen LogP contribution in [0, 0.1) is 0 Å². The molecule has 1 N–H and O–H groups in total. The van der Waals surface area contributed by atoms with Crippen LogP contribution in [0.1, 0.15) is 10.5 Å². The van der Waals surface area contributed by atoms with Crippen molar-refractivity contribution < 1.29 is 4.79 Å². The third-order valence-corrected chi connectivity index (χ3v) is 4.79. The normalized spacial score (nSPS) is 10.8. The molecule has 0 unspecified atom stereocenters. The van der Waals surface area contributed by atoms with Gasteiger partial charge in [0.15, 0.2) is 5.13 Å². The lowest BCUT2D eigenvalue weighted by Gasteiger charge is -2.09. The topological polar surface area (TPSA) is 54.9 Å². The van der Waals surface area contributed by atoms with Gasteiger partial charge in [-0.05, 0) is 12.1 Å². The predicted octanol–water partition coefficient (Wildman–Crippen LogP) is 5.26. The van der Waals surface area contributed by atoms with Gasteiger partial charge in [0, 0.05) is 33.1 Å². The fraction of sp³-hybridized carbons (Fsp3) is 0. The zero-order chi connectivity index (χ0) is 17.2. The smallest absolute Gasteiger partial charge is 0.276 e. The van der Waals surface area contributed by atoms with E-state index in [0.717, 1.165) is 22.0 Å². The summed E-state index contributed by atoms with van der Waals surface area (Å²) in [6.45, 7) is 0. The predicted molar refractivity (Wildman–Crippen MR) is 102 cm³/mol. The second-order valence-electron chi connectivity index (χ2n) is 5.35. The molecule has 2 aromatic heterocycles. The molecule has 0 saturated heterocycles. The zero-order valence-corrected chi connectivity index (χ0v) is 14.5. The number of carbonyl (C=O) groups is 1. The van der Waals surface area contributed by atoms with E-state index in [4.69, 9.17) is 11.6 Å². The number of halogens is 1. The van der Waals surface area contributed by atoms with Crippen LogP contribution in [-0.2, 0) is 0 Å². The Balaban J connectivity index is 1.81. The minimum absolute atomic E-state index is 0.286. The molecule has 0 atom stereocenters. The Morgan fingerprint density at radius 2 is 1.84 bits per heavy atom. The maximum Gasteiger partial charge on any atom is 0.276 e. The number of aromatic nitrogens is 2. The molecule has 0 saturated carbocycles. The van der Waals surface area contributed by atoms with Gasteiger partial charge in [-0.15, -0.1) is 11.3 Å². The zero-order valence-electron chi connectivity index (χ0n) is 12.9. The van der Waals surface area contributed by atoms with E-state index in [1.54, 1.807) is 17.6 Å². The molecule has 25 heavy (non-hydrogen) atoms. The SMILES string of the molecule is O=C(Nc1nccs1)c1ccc2cccc(-c3ccccc3Cl)c2n1. The van der Waals surface area contributed by atoms with E-state index in [2.05, 4.69) is 15.3 Å². The van der Waals surface area contributed by atoms with E-state index in [1.807, 2.05) is 48.5 Å². The Bertz CT molecular complexity index is 1060. The molecule has 0 radical (unpaired) electrons. The number of amides is 1. The van der Waals surface area contributed by atoms with E-state index in [-0.39, 0.29) is 5.91 Å². The van der Waals surface area contributed by atoms with Crippen LogP contribution in [0.3, 0.4) is 0 Å². The number of fused-ring (bicyclic) bond motifs is 1. The standard InChI is InChI=1S/C19H12ClN3OS/c20-15-7-2-1-5-13(15)14-6-3-4-12-8-9-16(22-17(12)14)18(24)23-19-21-10-11-25-19/h1-11H,(H,21,23,24). The highest BCUT2D eigenvalue weighted by Crippen LogP contribution is 2.32. The first kappa shape index (κ1) is 15.7. The summed E-state index contributed by atoms with van der Waals surface area (Å²) in [5.41, 5.74) is 2.86. The lowest BCUT2D eigenvalue weighted by Crippen LogP contribution is -2.13. The van der Waals surface area contributed by atoms with Crippen LogP contribution in [0.15, 0.2) is 66.2 Å². The van der Waals surface area contributed by atoms with Crippen molar-refractivity contribution in [2.24, 2.45) is 0 Å². The van der Waals surface area contributed by atoms with Crippen LogP contribution >= 0.6 is 22.9 Å². The second kappa shape index (κ2) is 6.63. The van der Waals surface area contributed by atoms with Crippen molar-refractivity contribution in [2.45, 2.75) is 0 Å². The third kappa shape index (κ3) is 3.12. The average Bonchev–Trinajstić information content (AvgIpc) is 3.14. The molecule has 4 rings (SSSR count). The first-order chi connectivity index (χ1) is 12.2. The second-order valence-corrected chi connectivity index (χ2v) is 6.65. The number of anilines is 1. The summed E-state index contributed by atoms with van der Waals surface area (Å²) in [7, 11) is 0. The van der Waals surface area contributed by atoms with Gasteiger partial charge < -0.3 is 0 Å². The Morgan fingerprint density at radius 1 is 1.00 bits per heavy atom. The molecule has 0 aliphatic rings. The van der Waals surface area contributed by atoms with Crippen molar-refractivity contribution >= 4 is 44.9 Å². The fourth-order valence-corrected chi connectivity index (χ4v) is 3.38.